The van der Waals surface area contributed by atoms with Crippen LogP contribution in [-0.4, -0.2) is 11.5 Å². The Morgan fingerprint density at radius 3 is 2.57 bits per heavy atom. The van der Waals surface area contributed by atoms with Crippen LogP contribution in [0.1, 0.15) is 44.6 Å². The summed E-state index contributed by atoms with van der Waals surface area (Å²) in [7, 11) is 0. The van der Waals surface area contributed by atoms with Crippen LogP contribution < -0.4 is 5.32 Å². The third-order valence-corrected chi connectivity index (χ3v) is 4.90. The molecule has 0 heterocycles. The summed E-state index contributed by atoms with van der Waals surface area (Å²) in [5.41, 5.74) is 0.896. The number of nitrogens with zero attached hydrogens (tertiary/aromatic N) is 1. The van der Waals surface area contributed by atoms with Crippen molar-refractivity contribution in [1.82, 2.24) is 5.32 Å². The van der Waals surface area contributed by atoms with E-state index in [1.54, 1.807) is 12.1 Å². The van der Waals surface area contributed by atoms with Crippen LogP contribution in [0.5, 0.6) is 0 Å². The van der Waals surface area contributed by atoms with Crippen LogP contribution in [0.2, 0.25) is 5.02 Å². The van der Waals surface area contributed by atoms with Gasteiger partial charge in [0, 0.05) is 23.7 Å². The van der Waals surface area contributed by atoms with E-state index in [0.717, 1.165) is 23.9 Å². The molecule has 1 aliphatic carbocycles. The molecule has 5 heteroatoms. The molecule has 4 nitrogen and oxygen atoms in total. The Kier molecular flexibility index (Phi) is 6.00. The van der Waals surface area contributed by atoms with Crippen molar-refractivity contribution in [2.75, 3.05) is 6.54 Å². The van der Waals surface area contributed by atoms with Gasteiger partial charge in [-0.15, -0.1) is 0 Å². The molecule has 2 rings (SSSR count). The highest BCUT2D eigenvalue weighted by atomic mass is 35.5. The van der Waals surface area contributed by atoms with E-state index in [-0.39, 0.29) is 10.6 Å². The lowest BCUT2D eigenvalue weighted by atomic mass is 9.81. The third kappa shape index (κ3) is 4.68. The maximum Gasteiger partial charge on any atom is 0.269 e. The van der Waals surface area contributed by atoms with Gasteiger partial charge in [0.15, 0.2) is 0 Å². The van der Waals surface area contributed by atoms with Crippen molar-refractivity contribution in [1.29, 1.82) is 0 Å². The molecule has 0 unspecified atom stereocenters. The highest BCUT2D eigenvalue weighted by Crippen LogP contribution is 2.30. The van der Waals surface area contributed by atoms with E-state index in [1.807, 2.05) is 0 Å². The van der Waals surface area contributed by atoms with Crippen molar-refractivity contribution >= 4 is 17.3 Å². The topological polar surface area (TPSA) is 55.2 Å². The summed E-state index contributed by atoms with van der Waals surface area (Å²) in [4.78, 5) is 10.4. The smallest absolute Gasteiger partial charge is 0.269 e. The number of nitro benzene ring substituents is 1. The lowest BCUT2D eigenvalue weighted by Crippen LogP contribution is -2.26. The average molecular weight is 311 g/mol. The normalized spacial score (nSPS) is 22.2. The summed E-state index contributed by atoms with van der Waals surface area (Å²) in [6.07, 6.45) is 6.53. The molecular formula is C16H23ClN2O2. The molecule has 1 aliphatic rings. The van der Waals surface area contributed by atoms with Crippen LogP contribution in [0, 0.1) is 22.0 Å². The summed E-state index contributed by atoms with van der Waals surface area (Å²) in [6, 6.07) is 4.60. The second-order valence-corrected chi connectivity index (χ2v) is 6.37. The molecule has 0 radical (unpaired) electrons. The number of hydrogen-bond acceptors (Lipinski definition) is 3. The van der Waals surface area contributed by atoms with Gasteiger partial charge in [-0.05, 0) is 42.9 Å². The fourth-order valence-corrected chi connectivity index (χ4v) is 3.25. The number of nitro groups is 1. The van der Waals surface area contributed by atoms with Gasteiger partial charge in [-0.1, -0.05) is 37.8 Å². The molecule has 0 amide bonds. The Labute approximate surface area is 131 Å². The maximum atomic E-state index is 10.8. The minimum atomic E-state index is -0.383. The largest absolute Gasteiger partial charge is 0.312 e. The molecular weight excluding hydrogens is 288 g/mol. The molecule has 1 N–H and O–H groups in total. The second-order valence-electron chi connectivity index (χ2n) is 5.96. The first-order valence-corrected chi connectivity index (χ1v) is 8.11. The van der Waals surface area contributed by atoms with Crippen molar-refractivity contribution in [3.8, 4) is 0 Å². The van der Waals surface area contributed by atoms with Crippen molar-refractivity contribution in [2.24, 2.45) is 11.8 Å². The van der Waals surface area contributed by atoms with Crippen molar-refractivity contribution in [2.45, 2.75) is 45.6 Å². The maximum absolute atomic E-state index is 10.8. The van der Waals surface area contributed by atoms with E-state index in [2.05, 4.69) is 12.2 Å². The summed E-state index contributed by atoms with van der Waals surface area (Å²) in [5.74, 6) is 1.64. The van der Waals surface area contributed by atoms with E-state index >= 15 is 0 Å². The third-order valence-electron chi connectivity index (χ3n) is 4.53. The molecule has 21 heavy (non-hydrogen) atoms. The summed E-state index contributed by atoms with van der Waals surface area (Å²) in [5, 5.41) is 14.8. The minimum absolute atomic E-state index is 0.0969. The molecule has 0 aromatic heterocycles. The van der Waals surface area contributed by atoms with Gasteiger partial charge in [-0.2, -0.15) is 0 Å². The number of hydrogen-bond donors (Lipinski definition) is 1. The highest BCUT2D eigenvalue weighted by molar-refractivity contribution is 6.31. The lowest BCUT2D eigenvalue weighted by molar-refractivity contribution is -0.384. The van der Waals surface area contributed by atoms with E-state index in [9.17, 15) is 10.1 Å². The first-order chi connectivity index (χ1) is 10.1. The zero-order valence-electron chi connectivity index (χ0n) is 12.5. The van der Waals surface area contributed by atoms with Crippen LogP contribution in [-0.2, 0) is 6.54 Å². The summed E-state index contributed by atoms with van der Waals surface area (Å²) < 4.78 is 0. The molecule has 0 bridgehead atoms. The fourth-order valence-electron chi connectivity index (χ4n) is 3.06. The van der Waals surface area contributed by atoms with Crippen LogP contribution >= 0.6 is 11.6 Å². The predicted molar refractivity (Wildman–Crippen MR) is 85.6 cm³/mol. The van der Waals surface area contributed by atoms with Gasteiger partial charge in [0.05, 0.1) is 4.92 Å². The molecule has 1 aromatic carbocycles. The quantitative estimate of drug-likeness (QED) is 0.619. The number of rotatable bonds is 6. The van der Waals surface area contributed by atoms with Gasteiger partial charge < -0.3 is 5.32 Å². The monoisotopic (exact) mass is 310 g/mol. The minimum Gasteiger partial charge on any atom is -0.312 e. The average Bonchev–Trinajstić information content (AvgIpc) is 2.49. The Morgan fingerprint density at radius 2 is 1.95 bits per heavy atom. The van der Waals surface area contributed by atoms with Crippen LogP contribution in [0.25, 0.3) is 0 Å². The van der Waals surface area contributed by atoms with Crippen LogP contribution in [0.3, 0.4) is 0 Å². The molecule has 0 aliphatic heterocycles. The molecule has 0 atom stereocenters. The van der Waals surface area contributed by atoms with E-state index in [1.165, 1.54) is 38.2 Å². The first-order valence-electron chi connectivity index (χ1n) is 7.73. The molecule has 116 valence electrons. The standard InChI is InChI=1S/C16H23ClN2O2/c1-2-12-3-5-13(6-4-12)10-18-11-14-9-15(19(20)21)7-8-16(14)17/h7-9,12-13,18H,2-6,10-11H2,1H3. The Bertz CT molecular complexity index is 485. The molecule has 0 saturated heterocycles. The van der Waals surface area contributed by atoms with E-state index in [4.69, 9.17) is 11.6 Å². The van der Waals surface area contributed by atoms with Gasteiger partial charge in [0.1, 0.15) is 0 Å². The molecule has 1 saturated carbocycles. The Morgan fingerprint density at radius 1 is 1.29 bits per heavy atom. The van der Waals surface area contributed by atoms with Gasteiger partial charge in [-0.25, -0.2) is 0 Å². The lowest BCUT2D eigenvalue weighted by Gasteiger charge is -2.28. The number of non-ortho nitro benzene ring substituents is 1. The van der Waals surface area contributed by atoms with E-state index in [0.29, 0.717) is 11.6 Å². The Hall–Kier alpha value is -1.13. The van der Waals surface area contributed by atoms with Gasteiger partial charge in [-0.3, -0.25) is 10.1 Å². The summed E-state index contributed by atoms with van der Waals surface area (Å²) in [6.45, 7) is 3.83. The number of benzene rings is 1. The van der Waals surface area contributed by atoms with E-state index < -0.39 is 0 Å². The number of halogens is 1. The van der Waals surface area contributed by atoms with Crippen LogP contribution in [0.15, 0.2) is 18.2 Å². The predicted octanol–water partition coefficient (Wildman–Crippen LogP) is 4.55. The zero-order chi connectivity index (χ0) is 15.2. The Balaban J connectivity index is 1.81. The molecule has 0 spiro atoms. The summed E-state index contributed by atoms with van der Waals surface area (Å²) >= 11 is 6.10. The van der Waals surface area contributed by atoms with Crippen molar-refractivity contribution < 1.29 is 4.92 Å². The van der Waals surface area contributed by atoms with Gasteiger partial charge in [0.2, 0.25) is 0 Å². The molecule has 1 fully saturated rings. The molecule has 1 aromatic rings. The second kappa shape index (κ2) is 7.76. The number of nitrogens with one attached hydrogen (secondary N) is 1. The first kappa shape index (κ1) is 16.2. The van der Waals surface area contributed by atoms with Crippen molar-refractivity contribution in [3.05, 3.63) is 38.9 Å². The van der Waals surface area contributed by atoms with Gasteiger partial charge in [0.25, 0.3) is 5.69 Å². The SMILES string of the molecule is CCC1CCC(CNCc2cc([N+](=O)[O-])ccc2Cl)CC1. The van der Waals surface area contributed by atoms with Gasteiger partial charge >= 0.3 is 0 Å². The highest BCUT2D eigenvalue weighted by Gasteiger charge is 2.19. The fraction of sp³-hybridized carbons (Fsp3) is 0.625. The zero-order valence-corrected chi connectivity index (χ0v) is 13.2. The van der Waals surface area contributed by atoms with Crippen LogP contribution in [0.4, 0.5) is 5.69 Å². The van der Waals surface area contributed by atoms with Crippen molar-refractivity contribution in [3.63, 3.8) is 0 Å².